The monoisotopic (exact) mass is 410 g/mol. The molecule has 0 N–H and O–H groups in total. The summed E-state index contributed by atoms with van der Waals surface area (Å²) in [4.78, 5) is 26.6. The van der Waals surface area contributed by atoms with Gasteiger partial charge in [-0.15, -0.1) is 11.6 Å². The predicted octanol–water partition coefficient (Wildman–Crippen LogP) is 2.30. The van der Waals surface area contributed by atoms with Crippen molar-refractivity contribution < 1.29 is 22.9 Å². The summed E-state index contributed by atoms with van der Waals surface area (Å²) in [5, 5.41) is 11.0. The Labute approximate surface area is 157 Å². The Morgan fingerprint density at radius 2 is 2.08 bits per heavy atom. The van der Waals surface area contributed by atoms with E-state index in [1.165, 1.54) is 4.57 Å². The van der Waals surface area contributed by atoms with Crippen LogP contribution in [0.2, 0.25) is 0 Å². The molecule has 1 aromatic rings. The Morgan fingerprint density at radius 1 is 1.46 bits per heavy atom. The Morgan fingerprint density at radius 3 is 2.58 bits per heavy atom. The van der Waals surface area contributed by atoms with E-state index in [1.54, 1.807) is 27.7 Å². The molecule has 0 fully saturated rings. The van der Waals surface area contributed by atoms with E-state index in [0.717, 1.165) is 6.20 Å². The van der Waals surface area contributed by atoms with Gasteiger partial charge in [-0.2, -0.15) is 0 Å². The first-order valence-corrected chi connectivity index (χ1v) is 9.99. The molecular formula is C14H23ClN4O6S. The van der Waals surface area contributed by atoms with Crippen LogP contribution in [0.25, 0.3) is 0 Å². The molecule has 1 rings (SSSR count). The summed E-state index contributed by atoms with van der Waals surface area (Å²) in [6, 6.07) is 0. The molecule has 0 spiro atoms. The molecule has 148 valence electrons. The van der Waals surface area contributed by atoms with Crippen LogP contribution in [0.15, 0.2) is 6.20 Å². The Hall–Kier alpha value is -1.88. The number of aromatic nitrogens is 2. The smallest absolute Gasteiger partial charge is 0.424 e. The number of hydrogen-bond donors (Lipinski definition) is 0. The number of nitrogens with zero attached hydrogens (tertiary/aromatic N) is 4. The highest BCUT2D eigenvalue weighted by Gasteiger charge is 2.32. The molecule has 1 amide bonds. The second kappa shape index (κ2) is 8.67. The molecule has 1 heterocycles. The van der Waals surface area contributed by atoms with Crippen molar-refractivity contribution in [2.24, 2.45) is 0 Å². The van der Waals surface area contributed by atoms with Gasteiger partial charge in [-0.1, -0.05) is 0 Å². The fraction of sp³-hybridized carbons (Fsp3) is 0.714. The minimum atomic E-state index is -3.98. The fourth-order valence-electron chi connectivity index (χ4n) is 2.07. The minimum Gasteiger partial charge on any atom is -0.443 e. The summed E-state index contributed by atoms with van der Waals surface area (Å²) in [5.74, 6) is -0.169. The van der Waals surface area contributed by atoms with Crippen LogP contribution in [0, 0.1) is 17.0 Å². The summed E-state index contributed by atoms with van der Waals surface area (Å²) in [5.41, 5.74) is -0.895. The second-order valence-corrected chi connectivity index (χ2v) is 8.87. The van der Waals surface area contributed by atoms with Crippen LogP contribution in [-0.2, 0) is 21.3 Å². The van der Waals surface area contributed by atoms with Crippen LogP contribution in [0.5, 0.6) is 0 Å². The maximum absolute atomic E-state index is 12.5. The number of imidazole rings is 1. The summed E-state index contributed by atoms with van der Waals surface area (Å²) in [7, 11) is -3.98. The van der Waals surface area contributed by atoms with Crippen molar-refractivity contribution in [1.82, 2.24) is 13.9 Å². The van der Waals surface area contributed by atoms with E-state index in [1.807, 2.05) is 0 Å². The molecule has 0 radical (unpaired) electrons. The lowest BCUT2D eigenvalue weighted by atomic mass is 10.2. The van der Waals surface area contributed by atoms with Crippen molar-refractivity contribution >= 4 is 33.5 Å². The van der Waals surface area contributed by atoms with Gasteiger partial charge < -0.3 is 14.9 Å². The Kier molecular flexibility index (Phi) is 7.39. The standard InChI is InChI=1S/C14H23ClN4O6S/c1-11-16-10-12(19(21)22)17(11)7-8-18(13(20)25-14(2,3)4)26(23,24)9-5-6-15/h10H,5-9H2,1-4H3. The van der Waals surface area contributed by atoms with Crippen LogP contribution in [-0.4, -0.2) is 57.1 Å². The number of hydrogen-bond acceptors (Lipinski definition) is 7. The van der Waals surface area contributed by atoms with Gasteiger partial charge in [0.25, 0.3) is 0 Å². The number of alkyl halides is 1. The molecule has 0 atom stereocenters. The van der Waals surface area contributed by atoms with Crippen molar-refractivity contribution in [2.75, 3.05) is 18.2 Å². The number of rotatable bonds is 8. The molecule has 0 saturated carbocycles. The molecule has 1 aromatic heterocycles. The van der Waals surface area contributed by atoms with Gasteiger partial charge in [0.2, 0.25) is 10.0 Å². The largest absolute Gasteiger partial charge is 0.443 e. The normalized spacial score (nSPS) is 12.0. The van der Waals surface area contributed by atoms with Crippen molar-refractivity contribution in [1.29, 1.82) is 0 Å². The van der Waals surface area contributed by atoms with Gasteiger partial charge in [0, 0.05) is 12.8 Å². The van der Waals surface area contributed by atoms with E-state index in [2.05, 4.69) is 4.98 Å². The van der Waals surface area contributed by atoms with E-state index in [0.29, 0.717) is 10.1 Å². The maximum atomic E-state index is 12.5. The lowest BCUT2D eigenvalue weighted by Gasteiger charge is -2.26. The molecular weight excluding hydrogens is 388 g/mol. The summed E-state index contributed by atoms with van der Waals surface area (Å²) in [6.07, 6.45) is 0.204. The number of carbonyl (C=O) groups excluding carboxylic acids is 1. The average molecular weight is 411 g/mol. The molecule has 0 saturated heterocycles. The fourth-order valence-corrected chi connectivity index (χ4v) is 3.72. The van der Waals surface area contributed by atoms with Crippen LogP contribution in [0.4, 0.5) is 10.6 Å². The Bertz CT molecular complexity index is 756. The first-order chi connectivity index (χ1) is 11.9. The van der Waals surface area contributed by atoms with Gasteiger partial charge in [-0.05, 0) is 32.1 Å². The van der Waals surface area contributed by atoms with E-state index < -0.39 is 26.6 Å². The van der Waals surface area contributed by atoms with Gasteiger partial charge in [0.05, 0.1) is 12.3 Å². The number of sulfonamides is 1. The lowest BCUT2D eigenvalue weighted by molar-refractivity contribution is -0.392. The summed E-state index contributed by atoms with van der Waals surface area (Å²) >= 11 is 5.55. The van der Waals surface area contributed by atoms with Crippen LogP contribution < -0.4 is 0 Å². The quantitative estimate of drug-likeness (QED) is 0.365. The van der Waals surface area contributed by atoms with Gasteiger partial charge in [0.1, 0.15) is 18.3 Å². The summed E-state index contributed by atoms with van der Waals surface area (Å²) in [6.45, 7) is 5.93. The van der Waals surface area contributed by atoms with Gasteiger partial charge in [0.15, 0.2) is 5.82 Å². The van der Waals surface area contributed by atoms with E-state index in [9.17, 15) is 23.3 Å². The molecule has 12 heteroatoms. The second-order valence-electron chi connectivity index (χ2n) is 6.48. The number of nitro groups is 1. The first-order valence-electron chi connectivity index (χ1n) is 7.85. The van der Waals surface area contributed by atoms with E-state index >= 15 is 0 Å². The maximum Gasteiger partial charge on any atom is 0.424 e. The number of amides is 1. The van der Waals surface area contributed by atoms with Crippen LogP contribution in [0.3, 0.4) is 0 Å². The molecule has 26 heavy (non-hydrogen) atoms. The van der Waals surface area contributed by atoms with Crippen molar-refractivity contribution in [3.8, 4) is 0 Å². The molecule has 0 aromatic carbocycles. The topological polar surface area (TPSA) is 125 Å². The van der Waals surface area contributed by atoms with Gasteiger partial charge in [-0.25, -0.2) is 27.1 Å². The number of ether oxygens (including phenoxy) is 1. The highest BCUT2D eigenvalue weighted by Crippen LogP contribution is 2.17. The zero-order chi connectivity index (χ0) is 20.1. The van der Waals surface area contributed by atoms with Crippen molar-refractivity contribution in [3.05, 3.63) is 22.1 Å². The first kappa shape index (κ1) is 22.2. The number of halogens is 1. The molecule has 0 bridgehead atoms. The zero-order valence-electron chi connectivity index (χ0n) is 15.1. The van der Waals surface area contributed by atoms with Gasteiger partial charge >= 0.3 is 11.9 Å². The number of aryl methyl sites for hydroxylation is 1. The minimum absolute atomic E-state index is 0.119. The van der Waals surface area contributed by atoms with E-state index in [-0.39, 0.29) is 37.0 Å². The van der Waals surface area contributed by atoms with Crippen LogP contribution >= 0.6 is 11.6 Å². The zero-order valence-corrected chi connectivity index (χ0v) is 16.7. The predicted molar refractivity (Wildman–Crippen MR) is 95.7 cm³/mol. The molecule has 0 unspecified atom stereocenters. The highest BCUT2D eigenvalue weighted by atomic mass is 35.5. The lowest BCUT2D eigenvalue weighted by Crippen LogP contribution is -2.43. The van der Waals surface area contributed by atoms with Gasteiger partial charge in [-0.3, -0.25) is 0 Å². The van der Waals surface area contributed by atoms with Crippen molar-refractivity contribution in [2.45, 2.75) is 46.3 Å². The molecule has 0 aliphatic heterocycles. The highest BCUT2D eigenvalue weighted by molar-refractivity contribution is 7.89. The molecule has 10 nitrogen and oxygen atoms in total. The third-order valence-corrected chi connectivity index (χ3v) is 5.29. The molecule has 0 aliphatic carbocycles. The third kappa shape index (κ3) is 6.13. The third-order valence-electron chi connectivity index (χ3n) is 3.22. The molecule has 0 aliphatic rings. The average Bonchev–Trinajstić information content (AvgIpc) is 2.85. The number of carbonyl (C=O) groups is 1. The van der Waals surface area contributed by atoms with Crippen molar-refractivity contribution in [3.63, 3.8) is 0 Å². The van der Waals surface area contributed by atoms with E-state index in [4.69, 9.17) is 16.3 Å². The SMILES string of the molecule is Cc1ncc([N+](=O)[O-])n1CCN(C(=O)OC(C)(C)C)S(=O)(=O)CCCCl. The van der Waals surface area contributed by atoms with Crippen LogP contribution in [0.1, 0.15) is 33.0 Å². The summed E-state index contributed by atoms with van der Waals surface area (Å²) < 4.78 is 32.0. The Balaban J connectivity index is 3.08.